The largest absolute Gasteiger partial charge is 0.352 e. The Kier molecular flexibility index (Phi) is 11.0. The number of nitrogens with one attached hydrogen (secondary N) is 1. The molecule has 4 heteroatoms. The summed E-state index contributed by atoms with van der Waals surface area (Å²) in [6, 6.07) is 3.56. The molecular weight excluding hydrogens is 340 g/mol. The highest BCUT2D eigenvalue weighted by Crippen LogP contribution is 2.12. The molecule has 124 valence electrons. The quantitative estimate of drug-likeness (QED) is 0.391. The van der Waals surface area contributed by atoms with Gasteiger partial charge in [-0.05, 0) is 34.5 Å². The van der Waals surface area contributed by atoms with Gasteiger partial charge in [-0.25, -0.2) is 4.98 Å². The van der Waals surface area contributed by atoms with E-state index < -0.39 is 0 Å². The zero-order chi connectivity index (χ0) is 16.0. The maximum Gasteiger partial charge on any atom is 0.254 e. The molecule has 0 fully saturated rings. The predicted molar refractivity (Wildman–Crippen MR) is 96.1 cm³/mol. The van der Waals surface area contributed by atoms with Crippen LogP contribution in [-0.2, 0) is 0 Å². The first kappa shape index (κ1) is 19.1. The lowest BCUT2D eigenvalue weighted by Crippen LogP contribution is -2.24. The number of unbranched alkanes of at least 4 members (excludes halogenated alkanes) is 9. The molecule has 1 amide bonds. The van der Waals surface area contributed by atoms with Gasteiger partial charge in [-0.1, -0.05) is 64.7 Å². The van der Waals surface area contributed by atoms with Crippen molar-refractivity contribution < 1.29 is 4.79 Å². The molecule has 0 saturated carbocycles. The molecule has 22 heavy (non-hydrogen) atoms. The summed E-state index contributed by atoms with van der Waals surface area (Å²) in [5.74, 6) is -0.0455. The molecule has 1 heterocycles. The van der Waals surface area contributed by atoms with E-state index in [1.54, 1.807) is 18.3 Å². The number of rotatable bonds is 12. The smallest absolute Gasteiger partial charge is 0.254 e. The molecule has 1 aromatic heterocycles. The Morgan fingerprint density at radius 1 is 1.05 bits per heavy atom. The van der Waals surface area contributed by atoms with Gasteiger partial charge in [0.1, 0.15) is 4.60 Å². The molecule has 0 aliphatic heterocycles. The van der Waals surface area contributed by atoms with Crippen LogP contribution < -0.4 is 5.32 Å². The first-order chi connectivity index (χ1) is 10.8. The van der Waals surface area contributed by atoms with Crippen LogP contribution in [0, 0.1) is 0 Å². The molecule has 0 aliphatic rings. The van der Waals surface area contributed by atoms with E-state index in [0.717, 1.165) is 13.0 Å². The Bertz CT molecular complexity index is 423. The fraction of sp³-hybridized carbons (Fsp3) is 0.667. The number of carbonyl (C=O) groups is 1. The summed E-state index contributed by atoms with van der Waals surface area (Å²) in [7, 11) is 0. The third-order valence-corrected chi connectivity index (χ3v) is 4.45. The molecule has 1 rings (SSSR count). The molecule has 1 aromatic rings. The molecule has 0 saturated heterocycles. The van der Waals surface area contributed by atoms with E-state index in [4.69, 9.17) is 0 Å². The molecule has 0 unspecified atom stereocenters. The SMILES string of the molecule is CCCCCCCCCCCCNC(=O)c1cccnc1Br. The van der Waals surface area contributed by atoms with Gasteiger partial charge in [0.25, 0.3) is 5.91 Å². The standard InChI is InChI=1S/C18H29BrN2O/c1-2-3-4-5-6-7-8-9-10-11-14-21-18(22)16-13-12-15-20-17(16)19/h12-13,15H,2-11,14H2,1H3,(H,21,22). The summed E-state index contributed by atoms with van der Waals surface area (Å²) in [4.78, 5) is 16.0. The lowest BCUT2D eigenvalue weighted by molar-refractivity contribution is 0.0951. The first-order valence-electron chi connectivity index (χ1n) is 8.64. The normalized spacial score (nSPS) is 10.6. The number of nitrogens with zero attached hydrogens (tertiary/aromatic N) is 1. The summed E-state index contributed by atoms with van der Waals surface area (Å²) in [6.45, 7) is 3.00. The monoisotopic (exact) mass is 368 g/mol. The summed E-state index contributed by atoms with van der Waals surface area (Å²) in [5, 5.41) is 2.96. The third kappa shape index (κ3) is 8.52. The lowest BCUT2D eigenvalue weighted by Gasteiger charge is -2.06. The van der Waals surface area contributed by atoms with Gasteiger partial charge < -0.3 is 5.32 Å². The number of hydrogen-bond donors (Lipinski definition) is 1. The summed E-state index contributed by atoms with van der Waals surface area (Å²) in [6.07, 6.45) is 14.8. The molecule has 0 aliphatic carbocycles. The van der Waals surface area contributed by atoms with Gasteiger partial charge in [-0.3, -0.25) is 4.79 Å². The van der Waals surface area contributed by atoms with Crippen molar-refractivity contribution in [2.45, 2.75) is 71.1 Å². The number of amides is 1. The van der Waals surface area contributed by atoms with Gasteiger partial charge in [0.05, 0.1) is 5.56 Å². The van der Waals surface area contributed by atoms with Crippen LogP contribution >= 0.6 is 15.9 Å². The second-order valence-corrected chi connectivity index (χ2v) is 6.53. The van der Waals surface area contributed by atoms with Crippen molar-refractivity contribution in [3.8, 4) is 0 Å². The van der Waals surface area contributed by atoms with Crippen molar-refractivity contribution >= 4 is 21.8 Å². The molecule has 1 N–H and O–H groups in total. The Hall–Kier alpha value is -0.900. The van der Waals surface area contributed by atoms with Crippen molar-refractivity contribution in [2.24, 2.45) is 0 Å². The zero-order valence-corrected chi connectivity index (χ0v) is 15.3. The lowest BCUT2D eigenvalue weighted by atomic mass is 10.1. The predicted octanol–water partition coefficient (Wildman–Crippen LogP) is 5.49. The van der Waals surface area contributed by atoms with E-state index in [9.17, 15) is 4.79 Å². The minimum atomic E-state index is -0.0455. The Morgan fingerprint density at radius 2 is 1.64 bits per heavy atom. The van der Waals surface area contributed by atoms with Crippen LogP contribution in [0.3, 0.4) is 0 Å². The van der Waals surface area contributed by atoms with Crippen molar-refractivity contribution in [1.82, 2.24) is 10.3 Å². The minimum Gasteiger partial charge on any atom is -0.352 e. The van der Waals surface area contributed by atoms with Gasteiger partial charge >= 0.3 is 0 Å². The molecule has 0 bridgehead atoms. The number of hydrogen-bond acceptors (Lipinski definition) is 2. The second kappa shape index (κ2) is 12.6. The van der Waals surface area contributed by atoms with Gasteiger partial charge in [0.15, 0.2) is 0 Å². The number of aromatic nitrogens is 1. The van der Waals surface area contributed by atoms with Crippen LogP contribution in [-0.4, -0.2) is 17.4 Å². The molecule has 0 radical (unpaired) electrons. The Balaban J connectivity index is 1.95. The van der Waals surface area contributed by atoms with Crippen LogP contribution in [0.15, 0.2) is 22.9 Å². The maximum absolute atomic E-state index is 11.9. The zero-order valence-electron chi connectivity index (χ0n) is 13.7. The van der Waals surface area contributed by atoms with E-state index in [-0.39, 0.29) is 5.91 Å². The van der Waals surface area contributed by atoms with Crippen LogP contribution in [0.4, 0.5) is 0 Å². The third-order valence-electron chi connectivity index (χ3n) is 3.82. The van der Waals surface area contributed by atoms with E-state index in [0.29, 0.717) is 10.2 Å². The van der Waals surface area contributed by atoms with E-state index >= 15 is 0 Å². The van der Waals surface area contributed by atoms with Crippen LogP contribution in [0.2, 0.25) is 0 Å². The van der Waals surface area contributed by atoms with Gasteiger partial charge in [0, 0.05) is 12.7 Å². The van der Waals surface area contributed by atoms with Gasteiger partial charge in [0.2, 0.25) is 0 Å². The average molecular weight is 369 g/mol. The van der Waals surface area contributed by atoms with Gasteiger partial charge in [-0.15, -0.1) is 0 Å². The molecule has 0 aromatic carbocycles. The minimum absolute atomic E-state index is 0.0455. The van der Waals surface area contributed by atoms with E-state index in [1.807, 2.05) is 0 Å². The highest BCUT2D eigenvalue weighted by molar-refractivity contribution is 9.10. The number of pyridine rings is 1. The molecule has 0 spiro atoms. The Labute approximate surface area is 143 Å². The van der Waals surface area contributed by atoms with Crippen LogP contribution in [0.5, 0.6) is 0 Å². The van der Waals surface area contributed by atoms with Crippen molar-refractivity contribution in [3.05, 3.63) is 28.5 Å². The number of carbonyl (C=O) groups excluding carboxylic acids is 1. The average Bonchev–Trinajstić information content (AvgIpc) is 2.53. The summed E-state index contributed by atoms with van der Waals surface area (Å²) < 4.78 is 0.607. The fourth-order valence-corrected chi connectivity index (χ4v) is 2.90. The Morgan fingerprint density at radius 3 is 2.23 bits per heavy atom. The van der Waals surface area contributed by atoms with Crippen molar-refractivity contribution in [3.63, 3.8) is 0 Å². The first-order valence-corrected chi connectivity index (χ1v) is 9.43. The fourth-order valence-electron chi connectivity index (χ4n) is 2.46. The maximum atomic E-state index is 11.9. The van der Waals surface area contributed by atoms with E-state index in [1.165, 1.54) is 57.8 Å². The summed E-state index contributed by atoms with van der Waals surface area (Å²) in [5.41, 5.74) is 0.606. The summed E-state index contributed by atoms with van der Waals surface area (Å²) >= 11 is 3.30. The molecular formula is C18H29BrN2O. The molecule has 0 atom stereocenters. The van der Waals surface area contributed by atoms with Crippen molar-refractivity contribution in [1.29, 1.82) is 0 Å². The van der Waals surface area contributed by atoms with Crippen molar-refractivity contribution in [2.75, 3.05) is 6.54 Å². The topological polar surface area (TPSA) is 42.0 Å². The highest BCUT2D eigenvalue weighted by atomic mass is 79.9. The van der Waals surface area contributed by atoms with E-state index in [2.05, 4.69) is 33.2 Å². The highest BCUT2D eigenvalue weighted by Gasteiger charge is 2.08. The number of halogens is 1. The second-order valence-electron chi connectivity index (χ2n) is 5.78. The van der Waals surface area contributed by atoms with Crippen LogP contribution in [0.25, 0.3) is 0 Å². The van der Waals surface area contributed by atoms with Crippen LogP contribution in [0.1, 0.15) is 81.5 Å². The van der Waals surface area contributed by atoms with Gasteiger partial charge in [-0.2, -0.15) is 0 Å². The molecule has 3 nitrogen and oxygen atoms in total.